The first-order valence-corrected chi connectivity index (χ1v) is 13.3. The number of aromatic amines is 1. The third-order valence-electron chi connectivity index (χ3n) is 7.98. The van der Waals surface area contributed by atoms with Gasteiger partial charge >= 0.3 is 0 Å². The van der Waals surface area contributed by atoms with Crippen molar-refractivity contribution in [1.82, 2.24) is 19.8 Å². The molecule has 2 aliphatic heterocycles. The number of benzene rings is 2. The number of likely N-dealkylation sites (tertiary alicyclic amines) is 1. The number of aromatic nitrogens is 2. The van der Waals surface area contributed by atoms with Crippen LogP contribution >= 0.6 is 0 Å². The summed E-state index contributed by atoms with van der Waals surface area (Å²) in [6.45, 7) is 13.5. The van der Waals surface area contributed by atoms with E-state index >= 15 is 0 Å². The molecule has 0 radical (unpaired) electrons. The van der Waals surface area contributed by atoms with Crippen LogP contribution < -0.4 is 0 Å². The molecule has 0 spiro atoms. The van der Waals surface area contributed by atoms with Gasteiger partial charge < -0.3 is 14.8 Å². The monoisotopic (exact) mass is 493 g/mol. The molecule has 0 atom stereocenters. The number of hydrogen-bond donors (Lipinski definition) is 1. The zero-order chi connectivity index (χ0) is 26.1. The maximum atomic E-state index is 13.7. The van der Waals surface area contributed by atoms with Crippen molar-refractivity contribution in [1.29, 1.82) is 5.26 Å². The lowest BCUT2D eigenvalue weighted by atomic mass is 9.88. The molecule has 190 valence electrons. The van der Waals surface area contributed by atoms with Crippen molar-refractivity contribution in [3.05, 3.63) is 87.9 Å². The number of rotatable bonds is 5. The number of fused-ring (bicyclic) bond motifs is 1. The summed E-state index contributed by atoms with van der Waals surface area (Å²) < 4.78 is 0. The number of H-pyrrole nitrogens is 1. The van der Waals surface area contributed by atoms with Crippen LogP contribution in [0.2, 0.25) is 0 Å². The van der Waals surface area contributed by atoms with E-state index in [0.29, 0.717) is 11.5 Å². The Morgan fingerprint density at radius 3 is 2.54 bits per heavy atom. The van der Waals surface area contributed by atoms with Gasteiger partial charge in [0.1, 0.15) is 5.82 Å². The summed E-state index contributed by atoms with van der Waals surface area (Å²) in [4.78, 5) is 26.5. The zero-order valence-corrected chi connectivity index (χ0v) is 22.1. The molecule has 0 bridgehead atoms. The van der Waals surface area contributed by atoms with E-state index in [1.807, 2.05) is 30.9 Å². The molecule has 0 saturated carbocycles. The topological polar surface area (TPSA) is 76.0 Å². The average Bonchev–Trinajstić information content (AvgIpc) is 3.36. The van der Waals surface area contributed by atoms with Gasteiger partial charge in [0.25, 0.3) is 5.91 Å². The van der Waals surface area contributed by atoms with Crippen LogP contribution in [-0.2, 0) is 19.4 Å². The molecule has 0 unspecified atom stereocenters. The lowest BCUT2D eigenvalue weighted by Crippen LogP contribution is -2.38. The van der Waals surface area contributed by atoms with Gasteiger partial charge in [0, 0.05) is 42.9 Å². The van der Waals surface area contributed by atoms with Crippen LogP contribution in [0.3, 0.4) is 0 Å². The number of amides is 1. The third kappa shape index (κ3) is 4.91. The Morgan fingerprint density at radius 2 is 1.89 bits per heavy atom. The highest BCUT2D eigenvalue weighted by Crippen LogP contribution is 2.32. The van der Waals surface area contributed by atoms with Crippen molar-refractivity contribution in [2.75, 3.05) is 19.6 Å². The van der Waals surface area contributed by atoms with E-state index in [2.05, 4.69) is 53.7 Å². The number of hydrogen-bond acceptors (Lipinski definition) is 4. The largest absolute Gasteiger partial charge is 0.369 e. The summed E-state index contributed by atoms with van der Waals surface area (Å²) >= 11 is 0. The molecule has 3 heterocycles. The second-order valence-electron chi connectivity index (χ2n) is 10.4. The van der Waals surface area contributed by atoms with Gasteiger partial charge in [-0.25, -0.2) is 4.98 Å². The van der Waals surface area contributed by atoms with Crippen molar-refractivity contribution in [2.45, 2.75) is 58.9 Å². The van der Waals surface area contributed by atoms with Crippen molar-refractivity contribution < 1.29 is 4.79 Å². The number of carbonyl (C=O) groups is 1. The lowest BCUT2D eigenvalue weighted by Gasteiger charge is -2.33. The van der Waals surface area contributed by atoms with Crippen LogP contribution in [0.1, 0.15) is 76.6 Å². The SMILES string of the molecule is C=C(C)N1CCc2nc(-c3cc(C(=O)N4CCC(c5ccc(C#N)cc5)CC4)c(C)cc3CC)[nH]c2C1. The molecule has 1 saturated heterocycles. The summed E-state index contributed by atoms with van der Waals surface area (Å²) in [6, 6.07) is 14.3. The Labute approximate surface area is 219 Å². The summed E-state index contributed by atoms with van der Waals surface area (Å²) in [5, 5.41) is 9.06. The molecule has 5 rings (SSSR count). The number of piperidine rings is 1. The Morgan fingerprint density at radius 1 is 1.16 bits per heavy atom. The first kappa shape index (κ1) is 24.8. The summed E-state index contributed by atoms with van der Waals surface area (Å²) in [7, 11) is 0. The number of allylic oxidation sites excluding steroid dienone is 1. The number of carbonyl (C=O) groups excluding carboxylic acids is 1. The first-order chi connectivity index (χ1) is 17.9. The van der Waals surface area contributed by atoms with Crippen molar-refractivity contribution in [3.63, 3.8) is 0 Å². The van der Waals surface area contributed by atoms with Gasteiger partial charge in [0.2, 0.25) is 0 Å². The van der Waals surface area contributed by atoms with Crippen LogP contribution in [0.4, 0.5) is 0 Å². The summed E-state index contributed by atoms with van der Waals surface area (Å²) in [5.74, 6) is 1.38. The van der Waals surface area contributed by atoms with E-state index in [1.165, 1.54) is 11.1 Å². The molecule has 2 aromatic carbocycles. The fraction of sp³-hybridized carbons (Fsp3) is 0.387. The van der Waals surface area contributed by atoms with Crippen LogP contribution in [0, 0.1) is 18.3 Å². The van der Waals surface area contributed by atoms with Gasteiger partial charge in [0.15, 0.2) is 0 Å². The molecule has 6 heteroatoms. The van der Waals surface area contributed by atoms with E-state index in [0.717, 1.165) is 91.5 Å². The van der Waals surface area contributed by atoms with Gasteiger partial charge in [-0.1, -0.05) is 31.7 Å². The van der Waals surface area contributed by atoms with E-state index in [4.69, 9.17) is 10.2 Å². The van der Waals surface area contributed by atoms with E-state index < -0.39 is 0 Å². The molecule has 2 aliphatic rings. The lowest BCUT2D eigenvalue weighted by molar-refractivity contribution is 0.0712. The fourth-order valence-corrected chi connectivity index (χ4v) is 5.67. The molecule has 1 N–H and O–H groups in total. The van der Waals surface area contributed by atoms with Gasteiger partial charge in [-0.05, 0) is 73.9 Å². The first-order valence-electron chi connectivity index (χ1n) is 13.3. The molecular formula is C31H35N5O. The second kappa shape index (κ2) is 10.3. The van der Waals surface area contributed by atoms with E-state index in [1.54, 1.807) is 0 Å². The minimum absolute atomic E-state index is 0.101. The zero-order valence-electron chi connectivity index (χ0n) is 22.1. The van der Waals surface area contributed by atoms with Gasteiger partial charge in [-0.15, -0.1) is 0 Å². The van der Waals surface area contributed by atoms with E-state index in [9.17, 15) is 4.79 Å². The molecule has 1 aromatic heterocycles. The molecule has 1 fully saturated rings. The molecule has 37 heavy (non-hydrogen) atoms. The van der Waals surface area contributed by atoms with Gasteiger partial charge in [0.05, 0.1) is 29.6 Å². The molecule has 6 nitrogen and oxygen atoms in total. The third-order valence-corrected chi connectivity index (χ3v) is 7.98. The minimum Gasteiger partial charge on any atom is -0.369 e. The highest BCUT2D eigenvalue weighted by Gasteiger charge is 2.27. The van der Waals surface area contributed by atoms with Gasteiger partial charge in [-0.2, -0.15) is 5.26 Å². The Bertz CT molecular complexity index is 1370. The number of imidazole rings is 1. The molecular weight excluding hydrogens is 458 g/mol. The van der Waals surface area contributed by atoms with Crippen molar-refractivity contribution in [2.24, 2.45) is 0 Å². The average molecular weight is 494 g/mol. The van der Waals surface area contributed by atoms with Crippen LogP contribution in [0.25, 0.3) is 11.4 Å². The number of aryl methyl sites for hydroxylation is 2. The maximum Gasteiger partial charge on any atom is 0.254 e. The highest BCUT2D eigenvalue weighted by molar-refractivity contribution is 5.97. The number of nitriles is 1. The van der Waals surface area contributed by atoms with Crippen LogP contribution in [-0.4, -0.2) is 45.3 Å². The smallest absolute Gasteiger partial charge is 0.254 e. The molecule has 0 aliphatic carbocycles. The predicted molar refractivity (Wildman–Crippen MR) is 146 cm³/mol. The van der Waals surface area contributed by atoms with Gasteiger partial charge in [-0.3, -0.25) is 4.79 Å². The second-order valence-corrected chi connectivity index (χ2v) is 10.4. The highest BCUT2D eigenvalue weighted by atomic mass is 16.2. The summed E-state index contributed by atoms with van der Waals surface area (Å²) in [6.07, 6.45) is 3.64. The van der Waals surface area contributed by atoms with Crippen LogP contribution in [0.5, 0.6) is 0 Å². The summed E-state index contributed by atoms with van der Waals surface area (Å²) in [5.41, 5.74) is 9.29. The normalized spacial score (nSPS) is 15.8. The fourth-order valence-electron chi connectivity index (χ4n) is 5.67. The van der Waals surface area contributed by atoms with E-state index in [-0.39, 0.29) is 5.91 Å². The van der Waals surface area contributed by atoms with Crippen molar-refractivity contribution in [3.8, 4) is 17.5 Å². The number of nitrogens with zero attached hydrogens (tertiary/aromatic N) is 4. The molecule has 3 aromatic rings. The standard InChI is InChI=1S/C31H35N5O/c1-5-23-16-21(4)26(17-27(23)30-33-28-12-15-36(20(2)3)19-29(28)34-30)31(37)35-13-10-25(11-14-35)24-8-6-22(18-32)7-9-24/h6-9,16-17,25H,2,5,10-15,19H2,1,3-4H3,(H,33,34). The Kier molecular flexibility index (Phi) is 6.88. The Balaban J connectivity index is 1.36. The number of nitrogens with one attached hydrogen (secondary N) is 1. The van der Waals surface area contributed by atoms with Crippen molar-refractivity contribution >= 4 is 5.91 Å². The quantitative estimate of drug-likeness (QED) is 0.492. The van der Waals surface area contributed by atoms with Crippen LogP contribution in [0.15, 0.2) is 48.7 Å². The maximum absolute atomic E-state index is 13.7. The molecule has 1 amide bonds. The predicted octanol–water partition coefficient (Wildman–Crippen LogP) is 5.73. The Hall–Kier alpha value is -3.85. The minimum atomic E-state index is 0.101.